The molecule has 0 unspecified atom stereocenters. The molecule has 0 atom stereocenters. The summed E-state index contributed by atoms with van der Waals surface area (Å²) in [5.74, 6) is 0.780. The van der Waals surface area contributed by atoms with Crippen LogP contribution in [0.3, 0.4) is 0 Å². The van der Waals surface area contributed by atoms with E-state index in [1.165, 1.54) is 14.0 Å². The lowest BCUT2D eigenvalue weighted by Gasteiger charge is -2.12. The van der Waals surface area contributed by atoms with Crippen molar-refractivity contribution in [3.05, 3.63) is 53.6 Å². The van der Waals surface area contributed by atoms with Crippen LogP contribution in [-0.2, 0) is 11.2 Å². The summed E-state index contributed by atoms with van der Waals surface area (Å²) in [4.78, 5) is 23.5. The van der Waals surface area contributed by atoms with Gasteiger partial charge in [-0.3, -0.25) is 9.59 Å². The smallest absolute Gasteiger partial charge is 0.255 e. The molecule has 0 radical (unpaired) electrons. The number of ether oxygens (including phenoxy) is 2. The zero-order chi connectivity index (χ0) is 18.2. The Bertz CT molecular complexity index is 759. The van der Waals surface area contributed by atoms with Gasteiger partial charge in [0.05, 0.1) is 25.5 Å². The van der Waals surface area contributed by atoms with E-state index in [2.05, 4.69) is 10.6 Å². The van der Waals surface area contributed by atoms with E-state index in [0.717, 1.165) is 5.56 Å². The minimum atomic E-state index is -0.187. The van der Waals surface area contributed by atoms with Crippen molar-refractivity contribution in [1.29, 1.82) is 0 Å². The van der Waals surface area contributed by atoms with E-state index in [1.54, 1.807) is 31.4 Å². The van der Waals surface area contributed by atoms with Crippen molar-refractivity contribution in [2.24, 2.45) is 0 Å². The van der Waals surface area contributed by atoms with Crippen LogP contribution in [0.25, 0.3) is 0 Å². The summed E-state index contributed by atoms with van der Waals surface area (Å²) in [5.41, 5.74) is 2.09. The summed E-state index contributed by atoms with van der Waals surface area (Å²) >= 11 is 0. The highest BCUT2D eigenvalue weighted by Gasteiger charge is 2.11. The molecule has 0 fully saturated rings. The fourth-order valence-electron chi connectivity index (χ4n) is 2.45. The van der Waals surface area contributed by atoms with Gasteiger partial charge in [0.25, 0.3) is 5.91 Å². The Kier molecular flexibility index (Phi) is 6.39. The Morgan fingerprint density at radius 3 is 2.40 bits per heavy atom. The molecule has 0 bridgehead atoms. The molecule has 0 saturated carbocycles. The van der Waals surface area contributed by atoms with Crippen molar-refractivity contribution in [3.8, 4) is 11.5 Å². The summed E-state index contributed by atoms with van der Waals surface area (Å²) < 4.78 is 10.4. The molecule has 0 saturated heterocycles. The second-order valence-corrected chi connectivity index (χ2v) is 5.42. The van der Waals surface area contributed by atoms with E-state index in [9.17, 15) is 9.59 Å². The minimum Gasteiger partial charge on any atom is -0.496 e. The minimum absolute atomic E-state index is 0.167. The molecule has 2 amide bonds. The lowest BCUT2D eigenvalue weighted by molar-refractivity contribution is -0.114. The van der Waals surface area contributed by atoms with Gasteiger partial charge in [0.2, 0.25) is 5.91 Å². The molecule has 0 aliphatic rings. The van der Waals surface area contributed by atoms with Crippen LogP contribution >= 0.6 is 0 Å². The average Bonchev–Trinajstić information content (AvgIpc) is 2.61. The summed E-state index contributed by atoms with van der Waals surface area (Å²) in [5, 5.41) is 5.61. The molecule has 2 aromatic carbocycles. The maximum Gasteiger partial charge on any atom is 0.255 e. The van der Waals surface area contributed by atoms with Gasteiger partial charge in [0.1, 0.15) is 11.5 Å². The molecule has 0 aliphatic carbocycles. The molecule has 6 nitrogen and oxygen atoms in total. The SMILES string of the molecule is COc1ccc(CCNC(=O)c2ccccc2OC)cc1NC(C)=O. The van der Waals surface area contributed by atoms with E-state index in [1.807, 2.05) is 18.2 Å². The predicted octanol–water partition coefficient (Wildman–Crippen LogP) is 2.63. The molecule has 2 rings (SSSR count). The van der Waals surface area contributed by atoms with Crippen LogP contribution in [0.15, 0.2) is 42.5 Å². The first-order valence-electron chi connectivity index (χ1n) is 7.91. The van der Waals surface area contributed by atoms with E-state index in [4.69, 9.17) is 9.47 Å². The molecule has 6 heteroatoms. The number of hydrogen-bond acceptors (Lipinski definition) is 4. The quantitative estimate of drug-likeness (QED) is 0.811. The van der Waals surface area contributed by atoms with Crippen molar-refractivity contribution in [3.63, 3.8) is 0 Å². The fraction of sp³-hybridized carbons (Fsp3) is 0.263. The highest BCUT2D eigenvalue weighted by molar-refractivity contribution is 5.96. The van der Waals surface area contributed by atoms with Crippen LogP contribution in [0.5, 0.6) is 11.5 Å². The molecule has 2 aromatic rings. The first-order chi connectivity index (χ1) is 12.0. The van der Waals surface area contributed by atoms with Gasteiger partial charge in [-0.05, 0) is 36.2 Å². The number of rotatable bonds is 7. The van der Waals surface area contributed by atoms with E-state index < -0.39 is 0 Å². The number of para-hydroxylation sites is 1. The third-order valence-corrected chi connectivity index (χ3v) is 3.63. The number of nitrogens with one attached hydrogen (secondary N) is 2. The van der Waals surface area contributed by atoms with Gasteiger partial charge in [0.15, 0.2) is 0 Å². The Labute approximate surface area is 147 Å². The first kappa shape index (κ1) is 18.3. The van der Waals surface area contributed by atoms with Crippen LogP contribution in [0, 0.1) is 0 Å². The number of carbonyl (C=O) groups is 2. The number of anilines is 1. The zero-order valence-electron chi connectivity index (χ0n) is 14.6. The lowest BCUT2D eigenvalue weighted by atomic mass is 10.1. The number of hydrogen-bond donors (Lipinski definition) is 2. The highest BCUT2D eigenvalue weighted by Crippen LogP contribution is 2.25. The first-order valence-corrected chi connectivity index (χ1v) is 7.91. The van der Waals surface area contributed by atoms with Crippen LogP contribution in [0.4, 0.5) is 5.69 Å². The van der Waals surface area contributed by atoms with Crippen molar-refractivity contribution in [2.45, 2.75) is 13.3 Å². The monoisotopic (exact) mass is 342 g/mol. The van der Waals surface area contributed by atoms with Gasteiger partial charge in [0, 0.05) is 13.5 Å². The lowest BCUT2D eigenvalue weighted by Crippen LogP contribution is -2.26. The van der Waals surface area contributed by atoms with Gasteiger partial charge < -0.3 is 20.1 Å². The summed E-state index contributed by atoms with van der Waals surface area (Å²) in [6.07, 6.45) is 0.622. The maximum absolute atomic E-state index is 12.3. The van der Waals surface area contributed by atoms with Gasteiger partial charge in [-0.15, -0.1) is 0 Å². The van der Waals surface area contributed by atoms with Crippen molar-refractivity contribution in [1.82, 2.24) is 5.32 Å². The van der Waals surface area contributed by atoms with Crippen molar-refractivity contribution >= 4 is 17.5 Å². The zero-order valence-corrected chi connectivity index (χ0v) is 14.6. The van der Waals surface area contributed by atoms with Gasteiger partial charge in [-0.1, -0.05) is 18.2 Å². The van der Waals surface area contributed by atoms with Crippen LogP contribution < -0.4 is 20.1 Å². The van der Waals surface area contributed by atoms with Gasteiger partial charge in [-0.2, -0.15) is 0 Å². The second kappa shape index (κ2) is 8.73. The molecule has 0 aromatic heterocycles. The Hall–Kier alpha value is -3.02. The Balaban J connectivity index is 1.99. The second-order valence-electron chi connectivity index (χ2n) is 5.42. The van der Waals surface area contributed by atoms with Crippen LogP contribution in [-0.4, -0.2) is 32.6 Å². The number of carbonyl (C=O) groups excluding carboxylic acids is 2. The fourth-order valence-corrected chi connectivity index (χ4v) is 2.45. The van der Waals surface area contributed by atoms with Crippen LogP contribution in [0.1, 0.15) is 22.8 Å². The largest absolute Gasteiger partial charge is 0.496 e. The standard InChI is InChI=1S/C19H22N2O4/c1-13(22)21-16-12-14(8-9-18(16)25-3)10-11-20-19(23)15-6-4-5-7-17(15)24-2/h4-9,12H,10-11H2,1-3H3,(H,20,23)(H,21,22). The predicted molar refractivity (Wildman–Crippen MR) is 96.3 cm³/mol. The topological polar surface area (TPSA) is 76.7 Å². The number of benzene rings is 2. The maximum atomic E-state index is 12.3. The van der Waals surface area contributed by atoms with Gasteiger partial charge in [-0.25, -0.2) is 0 Å². The van der Waals surface area contributed by atoms with Gasteiger partial charge >= 0.3 is 0 Å². The molecule has 25 heavy (non-hydrogen) atoms. The third-order valence-electron chi connectivity index (χ3n) is 3.63. The Morgan fingerprint density at radius 1 is 1.00 bits per heavy atom. The summed E-state index contributed by atoms with van der Waals surface area (Å²) in [7, 11) is 3.08. The molecular formula is C19H22N2O4. The molecular weight excluding hydrogens is 320 g/mol. The number of amides is 2. The molecule has 132 valence electrons. The number of methoxy groups -OCH3 is 2. The van der Waals surface area contributed by atoms with E-state index in [-0.39, 0.29) is 11.8 Å². The van der Waals surface area contributed by atoms with Crippen molar-refractivity contribution in [2.75, 3.05) is 26.1 Å². The molecule has 0 aliphatic heterocycles. The third kappa shape index (κ3) is 4.97. The van der Waals surface area contributed by atoms with Crippen molar-refractivity contribution < 1.29 is 19.1 Å². The van der Waals surface area contributed by atoms with E-state index >= 15 is 0 Å². The highest BCUT2D eigenvalue weighted by atomic mass is 16.5. The molecule has 0 spiro atoms. The Morgan fingerprint density at radius 2 is 1.72 bits per heavy atom. The normalized spacial score (nSPS) is 10.0. The average molecular weight is 342 g/mol. The molecule has 2 N–H and O–H groups in total. The van der Waals surface area contributed by atoms with E-state index in [0.29, 0.717) is 35.7 Å². The summed E-state index contributed by atoms with van der Waals surface area (Å²) in [6, 6.07) is 12.6. The van der Waals surface area contributed by atoms with Crippen LogP contribution in [0.2, 0.25) is 0 Å². The summed E-state index contributed by atoms with van der Waals surface area (Å²) in [6.45, 7) is 1.91. The molecule has 0 heterocycles.